The van der Waals surface area contributed by atoms with E-state index in [0.29, 0.717) is 48.7 Å². The molecule has 0 unspecified atom stereocenters. The number of hydrogen-bond donors (Lipinski definition) is 0. The van der Waals surface area contributed by atoms with E-state index in [1.54, 1.807) is 17.0 Å². The van der Waals surface area contributed by atoms with Gasteiger partial charge in [-0.15, -0.1) is 0 Å². The summed E-state index contributed by atoms with van der Waals surface area (Å²) in [5, 5.41) is 0.528. The number of nitrogens with zero attached hydrogens (tertiary/aromatic N) is 1. The van der Waals surface area contributed by atoms with E-state index >= 15 is 0 Å². The van der Waals surface area contributed by atoms with Crippen LogP contribution in [0.4, 0.5) is 0 Å². The lowest BCUT2D eigenvalue weighted by Crippen LogP contribution is -2.52. The van der Waals surface area contributed by atoms with Gasteiger partial charge in [-0.05, 0) is 24.6 Å². The highest BCUT2D eigenvalue weighted by Gasteiger charge is 2.44. The number of methoxy groups -OCH3 is 1. The van der Waals surface area contributed by atoms with E-state index in [1.165, 1.54) is 7.11 Å². The molecule has 0 saturated carbocycles. The molecular formula is C19H22ClNO5. The van der Waals surface area contributed by atoms with E-state index in [4.69, 9.17) is 16.3 Å². The third-order valence-electron chi connectivity index (χ3n) is 5.14. The van der Waals surface area contributed by atoms with Crippen molar-refractivity contribution in [3.05, 3.63) is 28.3 Å². The highest BCUT2D eigenvalue weighted by Crippen LogP contribution is 2.42. The number of benzene rings is 1. The van der Waals surface area contributed by atoms with Crippen molar-refractivity contribution in [3.63, 3.8) is 0 Å². The quantitative estimate of drug-likeness (QED) is 0.755. The van der Waals surface area contributed by atoms with Gasteiger partial charge in [0.2, 0.25) is 5.91 Å². The van der Waals surface area contributed by atoms with Gasteiger partial charge in [0, 0.05) is 37.4 Å². The van der Waals surface area contributed by atoms with E-state index < -0.39 is 11.6 Å². The lowest BCUT2D eigenvalue weighted by Gasteiger charge is -2.44. The monoisotopic (exact) mass is 379 g/mol. The largest absolute Gasteiger partial charge is 0.486 e. The maximum atomic E-state index is 12.6. The van der Waals surface area contributed by atoms with Crippen molar-refractivity contribution in [3.8, 4) is 5.75 Å². The number of halogens is 1. The van der Waals surface area contributed by atoms with Crippen LogP contribution in [0.2, 0.25) is 5.02 Å². The maximum absolute atomic E-state index is 12.6. The van der Waals surface area contributed by atoms with Gasteiger partial charge in [0.15, 0.2) is 5.78 Å². The molecule has 0 N–H and O–H groups in total. The number of carbonyl (C=O) groups is 3. The first-order valence-corrected chi connectivity index (χ1v) is 9.08. The summed E-state index contributed by atoms with van der Waals surface area (Å²) >= 11 is 6.06. The van der Waals surface area contributed by atoms with Gasteiger partial charge < -0.3 is 14.4 Å². The van der Waals surface area contributed by atoms with Crippen LogP contribution in [0.15, 0.2) is 12.1 Å². The zero-order valence-corrected chi connectivity index (χ0v) is 15.7. The van der Waals surface area contributed by atoms with Crippen molar-refractivity contribution in [1.82, 2.24) is 4.90 Å². The Morgan fingerprint density at radius 3 is 2.62 bits per heavy atom. The molecule has 7 heteroatoms. The minimum absolute atomic E-state index is 0.0299. The van der Waals surface area contributed by atoms with Crippen molar-refractivity contribution in [2.45, 2.75) is 44.6 Å². The average molecular weight is 380 g/mol. The molecule has 2 aliphatic rings. The Balaban J connectivity index is 1.66. The first-order valence-electron chi connectivity index (χ1n) is 8.70. The molecule has 2 heterocycles. The normalized spacial score (nSPS) is 18.3. The van der Waals surface area contributed by atoms with Crippen LogP contribution in [0.25, 0.3) is 0 Å². The first kappa shape index (κ1) is 18.7. The summed E-state index contributed by atoms with van der Waals surface area (Å²) in [6.45, 7) is 2.90. The minimum Gasteiger partial charge on any atom is -0.486 e. The summed E-state index contributed by atoms with van der Waals surface area (Å²) < 4.78 is 10.8. The number of hydrogen-bond acceptors (Lipinski definition) is 5. The molecular weight excluding hydrogens is 358 g/mol. The molecule has 26 heavy (non-hydrogen) atoms. The Kier molecular flexibility index (Phi) is 5.23. The second-order valence-electron chi connectivity index (χ2n) is 6.94. The van der Waals surface area contributed by atoms with Crippen LogP contribution in [0.5, 0.6) is 5.75 Å². The standard InChI is InChI=1S/C19H22ClNO5/c1-12-9-13(20)10-14-15(22)11-19(26-18(12)14)5-7-21(8-6-19)16(23)3-4-17(24)25-2/h9-10H,3-8,11H2,1-2H3. The van der Waals surface area contributed by atoms with Gasteiger partial charge in [-0.2, -0.15) is 0 Å². The molecule has 0 aliphatic carbocycles. The highest BCUT2D eigenvalue weighted by molar-refractivity contribution is 6.31. The predicted octanol–water partition coefficient (Wildman–Crippen LogP) is 2.93. The third-order valence-corrected chi connectivity index (χ3v) is 5.36. The van der Waals surface area contributed by atoms with Gasteiger partial charge in [-0.25, -0.2) is 0 Å². The van der Waals surface area contributed by atoms with E-state index in [9.17, 15) is 14.4 Å². The topological polar surface area (TPSA) is 72.9 Å². The predicted molar refractivity (Wildman–Crippen MR) is 95.6 cm³/mol. The van der Waals surface area contributed by atoms with Crippen molar-refractivity contribution in [1.29, 1.82) is 0 Å². The highest BCUT2D eigenvalue weighted by atomic mass is 35.5. The number of esters is 1. The fraction of sp³-hybridized carbons (Fsp3) is 0.526. The number of likely N-dealkylation sites (tertiary alicyclic amines) is 1. The van der Waals surface area contributed by atoms with Crippen molar-refractivity contribution in [2.24, 2.45) is 0 Å². The van der Waals surface area contributed by atoms with Crippen molar-refractivity contribution < 1.29 is 23.9 Å². The number of Topliss-reactive ketones (excluding diaryl/α,β-unsaturated/α-hetero) is 1. The second-order valence-corrected chi connectivity index (χ2v) is 7.38. The van der Waals surface area contributed by atoms with Crippen LogP contribution in [0.1, 0.15) is 48.0 Å². The molecule has 2 aliphatic heterocycles. The molecule has 3 rings (SSSR count). The van der Waals surface area contributed by atoms with Gasteiger partial charge in [0.25, 0.3) is 0 Å². The van der Waals surface area contributed by atoms with Crippen molar-refractivity contribution >= 4 is 29.3 Å². The van der Waals surface area contributed by atoms with Gasteiger partial charge in [0.1, 0.15) is 11.4 Å². The number of piperidine rings is 1. The zero-order chi connectivity index (χ0) is 18.9. The number of carbonyl (C=O) groups excluding carboxylic acids is 3. The molecule has 1 spiro atoms. The number of fused-ring (bicyclic) bond motifs is 1. The number of ether oxygens (including phenoxy) is 2. The molecule has 1 aromatic carbocycles. The lowest BCUT2D eigenvalue weighted by atomic mass is 9.82. The SMILES string of the molecule is COC(=O)CCC(=O)N1CCC2(CC1)CC(=O)c1cc(Cl)cc(C)c1O2. The van der Waals surface area contributed by atoms with E-state index in [2.05, 4.69) is 4.74 Å². The molecule has 0 radical (unpaired) electrons. The molecule has 0 atom stereocenters. The average Bonchev–Trinajstić information content (AvgIpc) is 2.61. The fourth-order valence-corrected chi connectivity index (χ4v) is 3.90. The molecule has 6 nitrogen and oxygen atoms in total. The maximum Gasteiger partial charge on any atom is 0.306 e. The van der Waals surface area contributed by atoms with Crippen molar-refractivity contribution in [2.75, 3.05) is 20.2 Å². The van der Waals surface area contributed by atoms with Crippen LogP contribution >= 0.6 is 11.6 Å². The van der Waals surface area contributed by atoms with Gasteiger partial charge in [-0.3, -0.25) is 14.4 Å². The van der Waals surface area contributed by atoms with Crippen LogP contribution in [-0.2, 0) is 14.3 Å². The zero-order valence-electron chi connectivity index (χ0n) is 15.0. The Morgan fingerprint density at radius 1 is 1.27 bits per heavy atom. The first-order chi connectivity index (χ1) is 12.3. The van der Waals surface area contributed by atoms with Crippen LogP contribution in [0.3, 0.4) is 0 Å². The molecule has 1 saturated heterocycles. The summed E-state index contributed by atoms with van der Waals surface area (Å²) in [6.07, 6.45) is 1.69. The molecule has 1 amide bonds. The smallest absolute Gasteiger partial charge is 0.306 e. The second kappa shape index (κ2) is 7.27. The van der Waals surface area contributed by atoms with E-state index in [-0.39, 0.29) is 24.5 Å². The summed E-state index contributed by atoms with van der Waals surface area (Å²) in [4.78, 5) is 37.8. The number of rotatable bonds is 3. The molecule has 0 bridgehead atoms. The Labute approximate surface area is 157 Å². The lowest BCUT2D eigenvalue weighted by molar-refractivity contribution is -0.144. The van der Waals surface area contributed by atoms with Gasteiger partial charge in [0.05, 0.1) is 25.5 Å². The van der Waals surface area contributed by atoms with Crippen LogP contribution < -0.4 is 4.74 Å². The number of amides is 1. The van der Waals surface area contributed by atoms with E-state index in [1.807, 2.05) is 6.92 Å². The summed E-state index contributed by atoms with van der Waals surface area (Å²) in [7, 11) is 1.31. The van der Waals surface area contributed by atoms with Gasteiger partial charge in [-0.1, -0.05) is 11.6 Å². The van der Waals surface area contributed by atoms with Crippen LogP contribution in [-0.4, -0.2) is 48.4 Å². The Hall–Kier alpha value is -2.08. The third kappa shape index (κ3) is 3.70. The summed E-state index contributed by atoms with van der Waals surface area (Å²) in [6, 6.07) is 3.45. The molecule has 140 valence electrons. The fourth-order valence-electron chi connectivity index (χ4n) is 3.62. The summed E-state index contributed by atoms with van der Waals surface area (Å²) in [5.41, 5.74) is 0.815. The minimum atomic E-state index is -0.568. The Bertz CT molecular complexity index is 753. The molecule has 1 aromatic rings. The molecule has 0 aromatic heterocycles. The van der Waals surface area contributed by atoms with Crippen LogP contribution in [0, 0.1) is 6.92 Å². The number of ketones is 1. The van der Waals surface area contributed by atoms with Gasteiger partial charge >= 0.3 is 5.97 Å². The molecule has 1 fully saturated rings. The van der Waals surface area contributed by atoms with E-state index in [0.717, 1.165) is 5.56 Å². The number of aryl methyl sites for hydroxylation is 1. The Morgan fingerprint density at radius 2 is 1.96 bits per heavy atom. The summed E-state index contributed by atoms with van der Waals surface area (Å²) in [5.74, 6) is 0.174.